The lowest BCUT2D eigenvalue weighted by Gasteiger charge is -2.67. The van der Waals surface area contributed by atoms with Crippen LogP contribution in [0.5, 0.6) is 11.5 Å². The first-order valence-corrected chi connectivity index (χ1v) is 19.1. The van der Waals surface area contributed by atoms with Crippen LogP contribution in [0.1, 0.15) is 72.1 Å². The van der Waals surface area contributed by atoms with Crippen molar-refractivity contribution in [3.05, 3.63) is 68.8 Å². The molecule has 1 saturated heterocycles. The number of hydrogen-bond acceptors (Lipinski definition) is 13. The van der Waals surface area contributed by atoms with Crippen molar-refractivity contribution in [2.24, 2.45) is 35.0 Å². The summed E-state index contributed by atoms with van der Waals surface area (Å²) >= 11 is 0. The molecule has 17 nitrogen and oxygen atoms in total. The van der Waals surface area contributed by atoms with Gasteiger partial charge in [-0.05, 0) is 113 Å². The number of fused-ring (bicyclic) bond motifs is 4. The van der Waals surface area contributed by atoms with Crippen molar-refractivity contribution in [2.75, 3.05) is 13.1 Å². The topological polar surface area (TPSA) is 225 Å². The standard InChI is InChI=1S/C39H46N4O13/c1-37(2)32-13-12-29-27-19-31(55-36(47)41-21-34(45)53-25-10-6-23(7-11-25)43(50)51)30-18-26(14-16-38(30,3)28(27)15-17-39(29,32)56-37)54-35(46)40-20-33(44)52-24-8-4-22(5-9-24)42(48)49/h4-11,26-32H,12-21H2,1-3H3,(H,40,46)(H,41,47)/t26-,27+,28-,29-,30+,31-,32?,38+,39+/m0/s1. The molecule has 1 aliphatic heterocycles. The molecular formula is C39H46N4O13. The van der Waals surface area contributed by atoms with Crippen molar-refractivity contribution < 1.29 is 52.7 Å². The second-order valence-electron chi connectivity index (χ2n) is 16.5. The summed E-state index contributed by atoms with van der Waals surface area (Å²) in [4.78, 5) is 71.9. The van der Waals surface area contributed by atoms with Gasteiger partial charge in [-0.2, -0.15) is 0 Å². The number of carbonyl (C=O) groups is 4. The highest BCUT2D eigenvalue weighted by molar-refractivity contribution is 5.80. The van der Waals surface area contributed by atoms with E-state index in [9.17, 15) is 39.4 Å². The predicted molar refractivity (Wildman–Crippen MR) is 194 cm³/mol. The maximum absolute atomic E-state index is 13.3. The second kappa shape index (κ2) is 15.0. The number of benzene rings is 2. The summed E-state index contributed by atoms with van der Waals surface area (Å²) in [5, 5.41) is 26.7. The largest absolute Gasteiger partial charge is 0.446 e. The molecule has 0 bridgehead atoms. The number of non-ortho nitro benzene ring substituents is 2. The number of amides is 2. The van der Waals surface area contributed by atoms with E-state index in [0.717, 1.165) is 32.1 Å². The lowest BCUT2D eigenvalue weighted by Crippen LogP contribution is -2.70. The maximum Gasteiger partial charge on any atom is 0.407 e. The van der Waals surface area contributed by atoms with Gasteiger partial charge in [0.2, 0.25) is 0 Å². The Morgan fingerprint density at radius 3 is 1.80 bits per heavy atom. The minimum Gasteiger partial charge on any atom is -0.446 e. The van der Waals surface area contributed by atoms with Crippen LogP contribution in [0.3, 0.4) is 0 Å². The van der Waals surface area contributed by atoms with Gasteiger partial charge in [-0.25, -0.2) is 19.2 Å². The fourth-order valence-corrected chi connectivity index (χ4v) is 11.0. The fourth-order valence-electron chi connectivity index (χ4n) is 11.0. The minimum absolute atomic E-state index is 0.0868. The van der Waals surface area contributed by atoms with E-state index in [1.165, 1.54) is 48.5 Å². The van der Waals surface area contributed by atoms with E-state index in [1.807, 2.05) is 0 Å². The molecule has 2 aromatic carbocycles. The molecule has 1 unspecified atom stereocenters. The van der Waals surface area contributed by atoms with E-state index in [4.69, 9.17) is 23.7 Å². The minimum atomic E-state index is -0.809. The van der Waals surface area contributed by atoms with Crippen LogP contribution in [0.2, 0.25) is 0 Å². The highest BCUT2D eigenvalue weighted by Crippen LogP contribution is 2.71. The lowest BCUT2D eigenvalue weighted by atomic mass is 9.44. The van der Waals surface area contributed by atoms with E-state index in [2.05, 4.69) is 31.4 Å². The average molecular weight is 779 g/mol. The Morgan fingerprint density at radius 2 is 1.27 bits per heavy atom. The van der Waals surface area contributed by atoms with Crippen LogP contribution in [0.15, 0.2) is 48.5 Å². The summed E-state index contributed by atoms with van der Waals surface area (Å²) in [6, 6.07) is 9.96. The average Bonchev–Trinajstić information content (AvgIpc) is 3.49. The summed E-state index contributed by atoms with van der Waals surface area (Å²) in [5.74, 6) is -0.173. The monoisotopic (exact) mass is 778 g/mol. The van der Waals surface area contributed by atoms with Crippen molar-refractivity contribution >= 4 is 35.5 Å². The Bertz CT molecular complexity index is 1890. The molecule has 1 spiro atoms. The first-order chi connectivity index (χ1) is 26.6. The van der Waals surface area contributed by atoms with Crippen molar-refractivity contribution in [3.63, 3.8) is 0 Å². The summed E-state index contributed by atoms with van der Waals surface area (Å²) in [6.45, 7) is 5.60. The van der Waals surface area contributed by atoms with Crippen LogP contribution >= 0.6 is 0 Å². The quantitative estimate of drug-likeness (QED) is 0.122. The van der Waals surface area contributed by atoms with Crippen LogP contribution < -0.4 is 20.1 Å². The number of nitro groups is 2. The first-order valence-electron chi connectivity index (χ1n) is 19.1. The predicted octanol–water partition coefficient (Wildman–Crippen LogP) is 6.01. The van der Waals surface area contributed by atoms with Gasteiger partial charge < -0.3 is 34.3 Å². The molecule has 0 radical (unpaired) electrons. The SMILES string of the molecule is CC1(C)O[C@]23CC[C@H]4[C@@H](C[C@H](OC(=O)NCC(=O)Oc5ccc([N+](=O)[O-])cc5)[C@H]5C[C@@H](OC(=O)NCC(=O)Oc6ccc([N+](=O)[O-])cc6)CC[C@@]54C)[C@@H]2CCC13. The number of alkyl carbamates (subject to hydrolysis) is 2. The first kappa shape index (κ1) is 38.9. The number of nitro benzene ring substituents is 2. The van der Waals surface area contributed by atoms with Crippen molar-refractivity contribution in [1.29, 1.82) is 0 Å². The number of nitrogens with one attached hydrogen (secondary N) is 2. The third kappa shape index (κ3) is 7.47. The van der Waals surface area contributed by atoms with Crippen molar-refractivity contribution in [1.82, 2.24) is 10.6 Å². The molecule has 17 heteroatoms. The van der Waals surface area contributed by atoms with Crippen LogP contribution in [-0.4, -0.2) is 70.5 Å². The summed E-state index contributed by atoms with van der Waals surface area (Å²) in [5.41, 5.74) is -0.893. The Balaban J connectivity index is 0.992. The highest BCUT2D eigenvalue weighted by atomic mass is 16.6. The van der Waals surface area contributed by atoms with E-state index in [0.29, 0.717) is 37.0 Å². The van der Waals surface area contributed by atoms with Gasteiger partial charge in [0.25, 0.3) is 11.4 Å². The van der Waals surface area contributed by atoms with Gasteiger partial charge in [0.1, 0.15) is 36.8 Å². The number of esters is 2. The normalized spacial score (nSPS) is 32.0. The van der Waals surface area contributed by atoms with Gasteiger partial charge in [0.15, 0.2) is 0 Å². The molecule has 1 heterocycles. The van der Waals surface area contributed by atoms with Gasteiger partial charge in [-0.1, -0.05) is 6.92 Å². The van der Waals surface area contributed by atoms with Crippen LogP contribution in [0.25, 0.3) is 0 Å². The number of hydrogen-bond donors (Lipinski definition) is 2. The molecule has 2 aromatic rings. The Hall–Kier alpha value is -5.32. The third-order valence-corrected chi connectivity index (χ3v) is 13.2. The molecular weight excluding hydrogens is 732 g/mol. The van der Waals surface area contributed by atoms with E-state index in [-0.39, 0.29) is 51.3 Å². The summed E-state index contributed by atoms with van der Waals surface area (Å²) < 4.78 is 29.1. The van der Waals surface area contributed by atoms with Gasteiger partial charge in [-0.3, -0.25) is 20.2 Å². The molecule has 2 N–H and O–H groups in total. The zero-order chi connectivity index (χ0) is 40.0. The third-order valence-electron chi connectivity index (χ3n) is 13.2. The van der Waals surface area contributed by atoms with Gasteiger partial charge in [0, 0.05) is 36.1 Å². The number of ether oxygens (including phenoxy) is 5. The summed E-state index contributed by atoms with van der Waals surface area (Å²) in [7, 11) is 0. The molecule has 0 aromatic heterocycles. The number of carbonyl (C=O) groups excluding carboxylic acids is 4. The molecule has 56 heavy (non-hydrogen) atoms. The van der Waals surface area contributed by atoms with Crippen molar-refractivity contribution in [2.45, 2.75) is 95.5 Å². The maximum atomic E-state index is 13.3. The molecule has 2 amide bonds. The summed E-state index contributed by atoms with van der Waals surface area (Å²) in [6.07, 6.45) is 3.73. The van der Waals surface area contributed by atoms with Gasteiger partial charge >= 0.3 is 24.1 Å². The lowest BCUT2D eigenvalue weighted by molar-refractivity contribution is -0.385. The number of nitrogens with zero attached hydrogens (tertiary/aromatic N) is 2. The molecule has 5 fully saturated rings. The van der Waals surface area contributed by atoms with Gasteiger partial charge in [-0.15, -0.1) is 0 Å². The molecule has 4 saturated carbocycles. The van der Waals surface area contributed by atoms with Crippen molar-refractivity contribution in [3.8, 4) is 11.5 Å². The zero-order valence-electron chi connectivity index (χ0n) is 31.4. The van der Waals surface area contributed by atoms with Crippen LogP contribution in [0, 0.1) is 55.2 Å². The van der Waals surface area contributed by atoms with E-state index in [1.54, 1.807) is 0 Å². The molecule has 5 aliphatic rings. The number of rotatable bonds is 10. The van der Waals surface area contributed by atoms with Crippen LogP contribution in [-0.2, 0) is 23.8 Å². The highest BCUT2D eigenvalue weighted by Gasteiger charge is 2.72. The fraction of sp³-hybridized carbons (Fsp3) is 0.590. The Kier molecular flexibility index (Phi) is 10.4. The molecule has 300 valence electrons. The zero-order valence-corrected chi connectivity index (χ0v) is 31.4. The Labute approximate surface area is 322 Å². The molecule has 7 rings (SSSR count). The van der Waals surface area contributed by atoms with E-state index < -0.39 is 59.3 Å². The molecule has 4 aliphatic carbocycles. The second-order valence-corrected chi connectivity index (χ2v) is 16.5. The van der Waals surface area contributed by atoms with E-state index >= 15 is 0 Å². The van der Waals surface area contributed by atoms with Crippen LogP contribution in [0.4, 0.5) is 21.0 Å². The smallest absolute Gasteiger partial charge is 0.407 e. The molecule has 9 atom stereocenters. The van der Waals surface area contributed by atoms with Gasteiger partial charge in [0.05, 0.1) is 21.0 Å². The Morgan fingerprint density at radius 1 is 0.714 bits per heavy atom.